The number of Topliss-reactive ketones (excluding diaryl/α,β-unsaturated/α-hetero) is 3. The number of ketones is 3. The normalized spacial score (nSPS) is 17.4. The lowest BCUT2D eigenvalue weighted by Crippen LogP contribution is -2.45. The Labute approximate surface area is 164 Å². The average Bonchev–Trinajstić information content (AvgIpc) is 3.20. The van der Waals surface area contributed by atoms with Gasteiger partial charge in [-0.1, -0.05) is 12.1 Å². The van der Waals surface area contributed by atoms with E-state index in [1.165, 1.54) is 24.3 Å². The van der Waals surface area contributed by atoms with E-state index in [0.717, 1.165) is 19.2 Å². The van der Waals surface area contributed by atoms with Crippen LogP contribution in [0.5, 0.6) is 0 Å². The number of halogens is 1. The minimum atomic E-state index is -1.27. The van der Waals surface area contributed by atoms with Crippen LogP contribution in [0.25, 0.3) is 0 Å². The number of furan rings is 1. The van der Waals surface area contributed by atoms with Gasteiger partial charge in [0.25, 0.3) is 11.7 Å². The summed E-state index contributed by atoms with van der Waals surface area (Å²) >= 11 is 0. The monoisotopic (exact) mass is 401 g/mol. The van der Waals surface area contributed by atoms with E-state index in [2.05, 4.69) is 10.1 Å². The van der Waals surface area contributed by atoms with Crippen LogP contribution in [0.4, 0.5) is 4.39 Å². The van der Waals surface area contributed by atoms with Crippen LogP contribution < -0.4 is 5.32 Å². The largest absolute Gasteiger partial charge is 0.463 e. The zero-order valence-corrected chi connectivity index (χ0v) is 15.3. The van der Waals surface area contributed by atoms with E-state index in [9.17, 15) is 28.4 Å². The maximum absolute atomic E-state index is 13.3. The fraction of sp³-hybridized carbons (Fsp3) is 0.250. The lowest BCUT2D eigenvalue weighted by molar-refractivity contribution is -0.152. The molecule has 150 valence electrons. The first-order valence-electron chi connectivity index (χ1n) is 8.67. The van der Waals surface area contributed by atoms with Gasteiger partial charge < -0.3 is 14.5 Å². The Hall–Kier alpha value is -3.62. The molecular weight excluding hydrogens is 385 g/mol. The molecule has 0 radical (unpaired) electrons. The Morgan fingerprint density at radius 3 is 2.48 bits per heavy atom. The van der Waals surface area contributed by atoms with Crippen molar-refractivity contribution in [3.8, 4) is 0 Å². The number of benzene rings is 1. The lowest BCUT2D eigenvalue weighted by Gasteiger charge is -2.18. The van der Waals surface area contributed by atoms with Crippen molar-refractivity contribution in [3.63, 3.8) is 0 Å². The zero-order chi connectivity index (χ0) is 21.1. The first kappa shape index (κ1) is 20.1. The molecule has 2 atom stereocenters. The highest BCUT2D eigenvalue weighted by Crippen LogP contribution is 2.29. The number of piperidine rings is 1. The summed E-state index contributed by atoms with van der Waals surface area (Å²) in [5, 5.41) is 2.35. The molecule has 1 fully saturated rings. The number of amides is 1. The second-order valence-electron chi connectivity index (χ2n) is 6.37. The maximum Gasteiger partial charge on any atom is 0.375 e. The second-order valence-corrected chi connectivity index (χ2v) is 6.37. The Morgan fingerprint density at radius 2 is 1.83 bits per heavy atom. The number of hydrogen-bond acceptors (Lipinski definition) is 7. The van der Waals surface area contributed by atoms with Gasteiger partial charge in [0.1, 0.15) is 17.5 Å². The molecule has 1 aliphatic heterocycles. The molecular formula is C20H16FNO7. The molecule has 0 bridgehead atoms. The molecule has 0 aliphatic carbocycles. The van der Waals surface area contributed by atoms with E-state index in [-0.39, 0.29) is 30.0 Å². The number of ether oxygens (including phenoxy) is 1. The predicted octanol–water partition coefficient (Wildman–Crippen LogP) is 1.18. The summed E-state index contributed by atoms with van der Waals surface area (Å²) < 4.78 is 23.2. The zero-order valence-electron chi connectivity index (χ0n) is 15.3. The molecule has 2 heterocycles. The third-order valence-corrected chi connectivity index (χ3v) is 4.58. The highest BCUT2D eigenvalue weighted by Gasteiger charge is 2.38. The number of carbonyl (C=O) groups is 5. The van der Waals surface area contributed by atoms with E-state index in [0.29, 0.717) is 0 Å². The number of nitrogens with one attached hydrogen (secondary N) is 1. The Kier molecular flexibility index (Phi) is 5.67. The van der Waals surface area contributed by atoms with Crippen molar-refractivity contribution < 1.29 is 37.5 Å². The van der Waals surface area contributed by atoms with E-state index in [1.54, 1.807) is 0 Å². The fourth-order valence-corrected chi connectivity index (χ4v) is 3.09. The summed E-state index contributed by atoms with van der Waals surface area (Å²) in [5.41, 5.74) is 0.253. The van der Waals surface area contributed by atoms with Crippen LogP contribution >= 0.6 is 0 Å². The lowest BCUT2D eigenvalue weighted by atomic mass is 9.90. The number of carbonyl (C=O) groups excluding carboxylic acids is 5. The number of hydrogen-bond donors (Lipinski definition) is 1. The molecule has 1 aromatic carbocycles. The van der Waals surface area contributed by atoms with E-state index in [4.69, 9.17) is 4.42 Å². The van der Waals surface area contributed by atoms with Crippen molar-refractivity contribution in [1.82, 2.24) is 5.32 Å². The molecule has 29 heavy (non-hydrogen) atoms. The summed E-state index contributed by atoms with van der Waals surface area (Å²) in [5.74, 6) is -7.77. The van der Waals surface area contributed by atoms with Crippen molar-refractivity contribution in [1.29, 1.82) is 0 Å². The molecule has 2 aromatic rings. The van der Waals surface area contributed by atoms with Crippen LogP contribution in [0.1, 0.15) is 34.2 Å². The Morgan fingerprint density at radius 1 is 1.14 bits per heavy atom. The highest BCUT2D eigenvalue weighted by atomic mass is 19.1. The molecule has 3 rings (SSSR count). The summed E-state index contributed by atoms with van der Waals surface area (Å²) in [6.45, 7) is 0.174. The third kappa shape index (κ3) is 3.98. The first-order valence-corrected chi connectivity index (χ1v) is 8.67. The summed E-state index contributed by atoms with van der Waals surface area (Å²) in [6, 6.07) is 7.41. The molecule has 8 nitrogen and oxygen atoms in total. The summed E-state index contributed by atoms with van der Waals surface area (Å²) in [7, 11) is 1.04. The van der Waals surface area contributed by atoms with Gasteiger partial charge in [-0.25, -0.2) is 9.18 Å². The number of rotatable bonds is 6. The summed E-state index contributed by atoms with van der Waals surface area (Å²) in [4.78, 5) is 60.4. The standard InChI is InChI=1S/C20H16FNO7/c1-28-20(27)18(25)15(10-2-4-11(21)5-3-10)13-6-7-14(29-13)16(23)12-8-9-22-19(26)17(12)24/h2-7,12,15H,8-9H2,1H3,(H,22,26). The minimum absolute atomic E-state index is 0.0527. The molecule has 9 heteroatoms. The van der Waals surface area contributed by atoms with Crippen LogP contribution in [-0.2, 0) is 23.9 Å². The van der Waals surface area contributed by atoms with Crippen LogP contribution in [0.15, 0.2) is 40.8 Å². The molecule has 1 amide bonds. The van der Waals surface area contributed by atoms with E-state index in [1.807, 2.05) is 0 Å². The summed E-state index contributed by atoms with van der Waals surface area (Å²) in [6.07, 6.45) is 0.127. The molecule has 1 aromatic heterocycles. The van der Waals surface area contributed by atoms with Gasteiger partial charge >= 0.3 is 5.97 Å². The predicted molar refractivity (Wildman–Crippen MR) is 94.4 cm³/mol. The van der Waals surface area contributed by atoms with Gasteiger partial charge in [-0.15, -0.1) is 0 Å². The van der Waals surface area contributed by atoms with E-state index < -0.39 is 46.9 Å². The van der Waals surface area contributed by atoms with Gasteiger partial charge in [0.2, 0.25) is 11.6 Å². The fourth-order valence-electron chi connectivity index (χ4n) is 3.09. The molecule has 1 saturated heterocycles. The molecule has 2 unspecified atom stereocenters. The second kappa shape index (κ2) is 8.17. The van der Waals surface area contributed by atoms with Gasteiger partial charge in [0.05, 0.1) is 13.0 Å². The Bertz CT molecular complexity index is 993. The molecule has 0 saturated carbocycles. The van der Waals surface area contributed by atoms with Crippen LogP contribution in [0, 0.1) is 11.7 Å². The minimum Gasteiger partial charge on any atom is -0.463 e. The average molecular weight is 401 g/mol. The molecule has 1 aliphatic rings. The van der Waals surface area contributed by atoms with Crippen molar-refractivity contribution in [3.05, 3.63) is 59.3 Å². The van der Waals surface area contributed by atoms with E-state index >= 15 is 0 Å². The van der Waals surface area contributed by atoms with Crippen LogP contribution in [-0.4, -0.2) is 42.9 Å². The molecule has 0 spiro atoms. The van der Waals surface area contributed by atoms with Gasteiger partial charge in [0, 0.05) is 6.54 Å². The van der Waals surface area contributed by atoms with Crippen molar-refractivity contribution in [2.75, 3.05) is 13.7 Å². The maximum atomic E-state index is 13.3. The number of methoxy groups -OCH3 is 1. The first-order chi connectivity index (χ1) is 13.8. The van der Waals surface area contributed by atoms with Crippen molar-refractivity contribution >= 4 is 29.2 Å². The molecule has 1 N–H and O–H groups in total. The highest BCUT2D eigenvalue weighted by molar-refractivity contribution is 6.42. The van der Waals surface area contributed by atoms with Crippen LogP contribution in [0.3, 0.4) is 0 Å². The van der Waals surface area contributed by atoms with Gasteiger partial charge in [0.15, 0.2) is 5.76 Å². The quantitative estimate of drug-likeness (QED) is 0.334. The van der Waals surface area contributed by atoms with Crippen LogP contribution in [0.2, 0.25) is 0 Å². The third-order valence-electron chi connectivity index (χ3n) is 4.58. The smallest absolute Gasteiger partial charge is 0.375 e. The van der Waals surface area contributed by atoms with Crippen molar-refractivity contribution in [2.45, 2.75) is 12.3 Å². The topological polar surface area (TPSA) is 120 Å². The van der Waals surface area contributed by atoms with Gasteiger partial charge in [-0.3, -0.25) is 19.2 Å². The van der Waals surface area contributed by atoms with Gasteiger partial charge in [-0.05, 0) is 36.2 Å². The number of esters is 1. The SMILES string of the molecule is COC(=O)C(=O)C(c1ccc(F)cc1)c1ccc(C(=O)C2CCNC(=O)C2=O)o1. The van der Waals surface area contributed by atoms with Gasteiger partial charge in [-0.2, -0.15) is 0 Å². The van der Waals surface area contributed by atoms with Crippen molar-refractivity contribution in [2.24, 2.45) is 5.92 Å². The Balaban J connectivity index is 1.95.